The van der Waals surface area contributed by atoms with Crippen LogP contribution >= 0.6 is 0 Å². The normalized spacial score (nSPS) is 24.2. The zero-order valence-electron chi connectivity index (χ0n) is 13.9. The Hall–Kier alpha value is -0.650. The molecule has 2 fully saturated rings. The minimum absolute atomic E-state index is 0.215. The highest BCUT2D eigenvalue weighted by molar-refractivity contribution is 5.73. The Bertz CT molecular complexity index is 321. The van der Waals surface area contributed by atoms with Crippen LogP contribution in [0.3, 0.4) is 0 Å². The molecule has 1 atom stereocenters. The standard InChI is InChI=1S/C16H31N3O2/c1-14(20)18-8-6-15(7-9-18)19(11-10-17(2)3)13-16-5-4-12-21-16/h15-16H,4-13H2,1-3H3. The number of likely N-dealkylation sites (N-methyl/N-ethyl adjacent to an activating group) is 1. The van der Waals surface area contributed by atoms with Gasteiger partial charge in [-0.15, -0.1) is 0 Å². The largest absolute Gasteiger partial charge is 0.377 e. The van der Waals surface area contributed by atoms with Gasteiger partial charge in [0.15, 0.2) is 0 Å². The fourth-order valence-corrected chi connectivity index (χ4v) is 3.35. The minimum Gasteiger partial charge on any atom is -0.377 e. The summed E-state index contributed by atoms with van der Waals surface area (Å²) in [5.74, 6) is 0.215. The van der Waals surface area contributed by atoms with Gasteiger partial charge in [-0.2, -0.15) is 0 Å². The van der Waals surface area contributed by atoms with Crippen LogP contribution < -0.4 is 0 Å². The highest BCUT2D eigenvalue weighted by atomic mass is 16.5. The number of likely N-dealkylation sites (tertiary alicyclic amines) is 1. The molecule has 5 heteroatoms. The number of ether oxygens (including phenoxy) is 1. The van der Waals surface area contributed by atoms with Gasteiger partial charge in [0, 0.05) is 52.3 Å². The van der Waals surface area contributed by atoms with E-state index in [4.69, 9.17) is 4.74 Å². The van der Waals surface area contributed by atoms with Crippen LogP contribution in [0.25, 0.3) is 0 Å². The van der Waals surface area contributed by atoms with Gasteiger partial charge in [0.2, 0.25) is 5.91 Å². The van der Waals surface area contributed by atoms with E-state index >= 15 is 0 Å². The molecule has 0 N–H and O–H groups in total. The van der Waals surface area contributed by atoms with Crippen LogP contribution in [0.15, 0.2) is 0 Å². The molecule has 2 rings (SSSR count). The smallest absolute Gasteiger partial charge is 0.219 e. The summed E-state index contributed by atoms with van der Waals surface area (Å²) in [4.78, 5) is 18.3. The first-order valence-electron chi connectivity index (χ1n) is 8.32. The van der Waals surface area contributed by atoms with Crippen LogP contribution in [-0.4, -0.2) is 86.2 Å². The van der Waals surface area contributed by atoms with Crippen molar-refractivity contribution in [2.24, 2.45) is 0 Å². The highest BCUT2D eigenvalue weighted by Gasteiger charge is 2.28. The zero-order valence-corrected chi connectivity index (χ0v) is 13.9. The predicted octanol–water partition coefficient (Wildman–Crippen LogP) is 1.04. The predicted molar refractivity (Wildman–Crippen MR) is 84.4 cm³/mol. The van der Waals surface area contributed by atoms with Gasteiger partial charge in [0.1, 0.15) is 0 Å². The number of rotatable bonds is 6. The lowest BCUT2D eigenvalue weighted by Crippen LogP contribution is -2.49. The molecule has 122 valence electrons. The van der Waals surface area contributed by atoms with Crippen LogP contribution in [-0.2, 0) is 9.53 Å². The van der Waals surface area contributed by atoms with Gasteiger partial charge in [0.25, 0.3) is 0 Å². The summed E-state index contributed by atoms with van der Waals surface area (Å²) in [5.41, 5.74) is 0. The maximum absolute atomic E-state index is 11.5. The molecule has 0 spiro atoms. The molecule has 2 heterocycles. The van der Waals surface area contributed by atoms with Gasteiger partial charge in [-0.25, -0.2) is 0 Å². The summed E-state index contributed by atoms with van der Waals surface area (Å²) in [5, 5.41) is 0. The monoisotopic (exact) mass is 297 g/mol. The summed E-state index contributed by atoms with van der Waals surface area (Å²) in [6.07, 6.45) is 5.01. The fraction of sp³-hybridized carbons (Fsp3) is 0.938. The van der Waals surface area contributed by atoms with Gasteiger partial charge in [-0.1, -0.05) is 0 Å². The van der Waals surface area contributed by atoms with Crippen molar-refractivity contribution < 1.29 is 9.53 Å². The summed E-state index contributed by atoms with van der Waals surface area (Å²) < 4.78 is 5.82. The maximum Gasteiger partial charge on any atom is 0.219 e. The van der Waals surface area contributed by atoms with E-state index in [1.807, 2.05) is 4.90 Å². The van der Waals surface area contributed by atoms with Gasteiger partial charge in [-0.05, 0) is 39.8 Å². The Morgan fingerprint density at radius 1 is 1.19 bits per heavy atom. The molecule has 1 unspecified atom stereocenters. The van der Waals surface area contributed by atoms with E-state index in [-0.39, 0.29) is 5.91 Å². The minimum atomic E-state index is 0.215. The first-order valence-corrected chi connectivity index (χ1v) is 8.32. The van der Waals surface area contributed by atoms with Crippen LogP contribution in [0, 0.1) is 0 Å². The Balaban J connectivity index is 1.86. The molecule has 0 aliphatic carbocycles. The van der Waals surface area contributed by atoms with Crippen molar-refractivity contribution in [1.82, 2.24) is 14.7 Å². The summed E-state index contributed by atoms with van der Waals surface area (Å²) in [6.45, 7) is 7.65. The second kappa shape index (κ2) is 8.11. The van der Waals surface area contributed by atoms with Crippen LogP contribution in [0.4, 0.5) is 0 Å². The fourth-order valence-electron chi connectivity index (χ4n) is 3.35. The van der Waals surface area contributed by atoms with E-state index in [0.717, 1.165) is 52.2 Å². The first-order chi connectivity index (χ1) is 10.1. The molecule has 0 saturated carbocycles. The number of carbonyl (C=O) groups excluding carboxylic acids is 1. The molecule has 2 saturated heterocycles. The first kappa shape index (κ1) is 16.7. The topological polar surface area (TPSA) is 36.0 Å². The zero-order chi connectivity index (χ0) is 15.2. The Morgan fingerprint density at radius 2 is 1.90 bits per heavy atom. The Labute approximate surface area is 129 Å². The van der Waals surface area contributed by atoms with Crippen molar-refractivity contribution in [3.63, 3.8) is 0 Å². The van der Waals surface area contributed by atoms with Crippen LogP contribution in [0.2, 0.25) is 0 Å². The van der Waals surface area contributed by atoms with Crippen molar-refractivity contribution >= 4 is 5.91 Å². The lowest BCUT2D eigenvalue weighted by atomic mass is 10.0. The van der Waals surface area contributed by atoms with Crippen molar-refractivity contribution in [1.29, 1.82) is 0 Å². The van der Waals surface area contributed by atoms with E-state index in [9.17, 15) is 4.79 Å². The number of piperidine rings is 1. The average molecular weight is 297 g/mol. The lowest BCUT2D eigenvalue weighted by molar-refractivity contribution is -0.130. The number of hydrogen-bond donors (Lipinski definition) is 0. The van der Waals surface area contributed by atoms with Crippen molar-refractivity contribution in [2.75, 3.05) is 53.4 Å². The number of carbonyl (C=O) groups is 1. The molecule has 5 nitrogen and oxygen atoms in total. The van der Waals surface area contributed by atoms with E-state index in [1.165, 1.54) is 12.8 Å². The van der Waals surface area contributed by atoms with Gasteiger partial charge < -0.3 is 14.5 Å². The maximum atomic E-state index is 11.5. The summed E-state index contributed by atoms with van der Waals surface area (Å²) >= 11 is 0. The number of nitrogens with zero attached hydrogens (tertiary/aromatic N) is 3. The van der Waals surface area contributed by atoms with Crippen molar-refractivity contribution in [3.8, 4) is 0 Å². The number of amides is 1. The molecule has 21 heavy (non-hydrogen) atoms. The van der Waals surface area contributed by atoms with Crippen molar-refractivity contribution in [3.05, 3.63) is 0 Å². The van der Waals surface area contributed by atoms with E-state index in [1.54, 1.807) is 6.92 Å². The van der Waals surface area contributed by atoms with Crippen LogP contribution in [0.1, 0.15) is 32.6 Å². The van der Waals surface area contributed by atoms with Crippen molar-refractivity contribution in [2.45, 2.75) is 44.8 Å². The molecule has 0 aromatic heterocycles. The van der Waals surface area contributed by atoms with Gasteiger partial charge in [0.05, 0.1) is 6.10 Å². The molecule has 0 bridgehead atoms. The quantitative estimate of drug-likeness (QED) is 0.734. The SMILES string of the molecule is CC(=O)N1CCC(N(CCN(C)C)CC2CCCO2)CC1. The lowest BCUT2D eigenvalue weighted by Gasteiger charge is -2.39. The molecule has 0 aromatic rings. The van der Waals surface area contributed by atoms with E-state index < -0.39 is 0 Å². The van der Waals surface area contributed by atoms with E-state index in [2.05, 4.69) is 23.9 Å². The highest BCUT2D eigenvalue weighted by Crippen LogP contribution is 2.20. The second-order valence-corrected chi connectivity index (χ2v) is 6.67. The third-order valence-electron chi connectivity index (χ3n) is 4.72. The molecule has 0 radical (unpaired) electrons. The number of hydrogen-bond acceptors (Lipinski definition) is 4. The summed E-state index contributed by atoms with van der Waals surface area (Å²) in [7, 11) is 4.26. The molecular formula is C16H31N3O2. The molecule has 0 aromatic carbocycles. The molecule has 2 aliphatic rings. The summed E-state index contributed by atoms with van der Waals surface area (Å²) in [6, 6.07) is 0.602. The average Bonchev–Trinajstić information content (AvgIpc) is 2.96. The third kappa shape index (κ3) is 5.24. The van der Waals surface area contributed by atoms with Gasteiger partial charge in [-0.3, -0.25) is 9.69 Å². The molecule has 1 amide bonds. The third-order valence-corrected chi connectivity index (χ3v) is 4.72. The molecular weight excluding hydrogens is 266 g/mol. The van der Waals surface area contributed by atoms with E-state index in [0.29, 0.717) is 12.1 Å². The van der Waals surface area contributed by atoms with Gasteiger partial charge >= 0.3 is 0 Å². The van der Waals surface area contributed by atoms with Crippen LogP contribution in [0.5, 0.6) is 0 Å². The Kier molecular flexibility index (Phi) is 6.45. The molecule has 2 aliphatic heterocycles. The Morgan fingerprint density at radius 3 is 2.43 bits per heavy atom. The second-order valence-electron chi connectivity index (χ2n) is 6.67.